The summed E-state index contributed by atoms with van der Waals surface area (Å²) in [4.78, 5) is 16.2. The third kappa shape index (κ3) is 3.79. The van der Waals surface area contributed by atoms with Gasteiger partial charge in [-0.05, 0) is 53.8 Å². The van der Waals surface area contributed by atoms with Crippen molar-refractivity contribution in [2.75, 3.05) is 37.6 Å². The maximum Gasteiger partial charge on any atom is 0.248 e. The second-order valence-electron chi connectivity index (χ2n) is 6.75. The molecule has 1 saturated heterocycles. The zero-order valence-electron chi connectivity index (χ0n) is 14.9. The van der Waals surface area contributed by atoms with Crippen molar-refractivity contribution in [1.82, 2.24) is 9.27 Å². The third-order valence-corrected chi connectivity index (χ3v) is 5.88. The molecule has 7 heteroatoms. The maximum absolute atomic E-state index is 13.5. The average Bonchev–Trinajstić information content (AvgIpc) is 3.11. The molecule has 0 bridgehead atoms. The van der Waals surface area contributed by atoms with Crippen LogP contribution in [0.2, 0.25) is 0 Å². The third-order valence-electron chi connectivity index (χ3n) is 5.06. The van der Waals surface area contributed by atoms with Crippen LogP contribution in [0.25, 0.3) is 10.1 Å². The largest absolute Gasteiger partial charge is 0.366 e. The molecule has 4 rings (SSSR count). The second kappa shape index (κ2) is 7.62. The van der Waals surface area contributed by atoms with Crippen LogP contribution in [0.3, 0.4) is 0 Å². The Morgan fingerprint density at radius 1 is 1.15 bits per heavy atom. The zero-order chi connectivity index (χ0) is 18.8. The smallest absolute Gasteiger partial charge is 0.248 e. The quantitative estimate of drug-likeness (QED) is 0.735. The number of aromatic nitrogens is 1. The van der Waals surface area contributed by atoms with Gasteiger partial charge < -0.3 is 10.6 Å². The van der Waals surface area contributed by atoms with E-state index in [4.69, 9.17) is 5.73 Å². The lowest BCUT2D eigenvalue weighted by atomic mass is 10.0. The van der Waals surface area contributed by atoms with Gasteiger partial charge in [-0.3, -0.25) is 9.69 Å². The van der Waals surface area contributed by atoms with Crippen molar-refractivity contribution in [3.05, 3.63) is 59.4 Å². The summed E-state index contributed by atoms with van der Waals surface area (Å²) in [5.41, 5.74) is 6.49. The Kier molecular flexibility index (Phi) is 5.05. The number of piperazine rings is 1. The lowest BCUT2D eigenvalue weighted by molar-refractivity contribution is 0.0999. The van der Waals surface area contributed by atoms with Gasteiger partial charge in [0.2, 0.25) is 5.91 Å². The number of carbonyl (C=O) groups is 1. The SMILES string of the molecule is NC(=O)c1ccc(F)cc1CCN1CCN(c2nsc3ccccc23)CC1. The summed E-state index contributed by atoms with van der Waals surface area (Å²) >= 11 is 1.54. The van der Waals surface area contributed by atoms with E-state index in [1.165, 1.54) is 39.8 Å². The van der Waals surface area contributed by atoms with E-state index in [-0.39, 0.29) is 5.82 Å². The first kappa shape index (κ1) is 17.9. The average molecular weight is 384 g/mol. The number of fused-ring (bicyclic) bond motifs is 1. The number of halogens is 1. The van der Waals surface area contributed by atoms with Gasteiger partial charge in [-0.15, -0.1) is 0 Å². The van der Waals surface area contributed by atoms with Crippen LogP contribution in [0.5, 0.6) is 0 Å². The number of hydrogen-bond acceptors (Lipinski definition) is 5. The molecule has 2 heterocycles. The number of rotatable bonds is 5. The first-order valence-corrected chi connectivity index (χ1v) is 9.79. The Bertz CT molecular complexity index is 966. The van der Waals surface area contributed by atoms with E-state index < -0.39 is 5.91 Å². The lowest BCUT2D eigenvalue weighted by Gasteiger charge is -2.35. The summed E-state index contributed by atoms with van der Waals surface area (Å²) < 4.78 is 19.4. The molecule has 0 atom stereocenters. The summed E-state index contributed by atoms with van der Waals surface area (Å²) in [5, 5.41) is 1.21. The number of carbonyl (C=O) groups excluding carboxylic acids is 1. The molecule has 1 aromatic heterocycles. The predicted molar refractivity (Wildman–Crippen MR) is 107 cm³/mol. The molecule has 140 valence electrons. The normalized spacial score (nSPS) is 15.4. The molecular formula is C20H21FN4OS. The lowest BCUT2D eigenvalue weighted by Crippen LogP contribution is -2.47. The summed E-state index contributed by atoms with van der Waals surface area (Å²) in [6.07, 6.45) is 0.607. The minimum Gasteiger partial charge on any atom is -0.366 e. The number of hydrogen-bond donors (Lipinski definition) is 1. The summed E-state index contributed by atoms with van der Waals surface area (Å²) in [5.74, 6) is 0.219. The highest BCUT2D eigenvalue weighted by Crippen LogP contribution is 2.29. The first-order chi connectivity index (χ1) is 13.1. The Morgan fingerprint density at radius 2 is 1.93 bits per heavy atom. The second-order valence-corrected chi connectivity index (χ2v) is 7.55. The van der Waals surface area contributed by atoms with Crippen molar-refractivity contribution < 1.29 is 9.18 Å². The Labute approximate surface area is 161 Å². The van der Waals surface area contributed by atoms with E-state index in [1.807, 2.05) is 12.1 Å². The zero-order valence-corrected chi connectivity index (χ0v) is 15.7. The van der Waals surface area contributed by atoms with Gasteiger partial charge in [0.1, 0.15) is 11.6 Å². The van der Waals surface area contributed by atoms with Crippen LogP contribution in [0.1, 0.15) is 15.9 Å². The fourth-order valence-corrected chi connectivity index (χ4v) is 4.37. The fraction of sp³-hybridized carbons (Fsp3) is 0.300. The summed E-state index contributed by atoms with van der Waals surface area (Å²) in [7, 11) is 0. The van der Waals surface area contributed by atoms with Crippen molar-refractivity contribution in [3.8, 4) is 0 Å². The molecule has 0 radical (unpaired) electrons. The molecule has 1 fully saturated rings. The van der Waals surface area contributed by atoms with Crippen LogP contribution >= 0.6 is 11.5 Å². The van der Waals surface area contributed by atoms with E-state index >= 15 is 0 Å². The van der Waals surface area contributed by atoms with Crippen LogP contribution in [0.4, 0.5) is 10.2 Å². The molecule has 27 heavy (non-hydrogen) atoms. The standard InChI is InChI=1S/C20H21FN4OS/c21-15-5-6-16(19(22)26)14(13-15)7-8-24-9-11-25(12-10-24)20-17-3-1-2-4-18(17)27-23-20/h1-6,13H,7-12H2,(H2,22,26). The number of amides is 1. The van der Waals surface area contributed by atoms with Crippen LogP contribution in [-0.4, -0.2) is 47.9 Å². The number of anilines is 1. The van der Waals surface area contributed by atoms with E-state index in [9.17, 15) is 9.18 Å². The van der Waals surface area contributed by atoms with Gasteiger partial charge in [-0.2, -0.15) is 4.37 Å². The predicted octanol–water partition coefficient (Wildman–Crippen LogP) is 2.90. The Hall–Kier alpha value is -2.51. The van der Waals surface area contributed by atoms with Gasteiger partial charge in [-0.1, -0.05) is 12.1 Å². The minimum atomic E-state index is -0.509. The summed E-state index contributed by atoms with van der Waals surface area (Å²) in [6.45, 7) is 4.40. The van der Waals surface area contributed by atoms with Crippen LogP contribution in [0.15, 0.2) is 42.5 Å². The molecule has 1 aliphatic rings. The monoisotopic (exact) mass is 384 g/mol. The van der Waals surface area contributed by atoms with E-state index in [0.29, 0.717) is 17.5 Å². The summed E-state index contributed by atoms with van der Waals surface area (Å²) in [6, 6.07) is 12.5. The van der Waals surface area contributed by atoms with Crippen molar-refractivity contribution in [2.24, 2.45) is 5.73 Å². The molecule has 1 aliphatic heterocycles. The Morgan fingerprint density at radius 3 is 2.70 bits per heavy atom. The van der Waals surface area contributed by atoms with E-state index in [1.54, 1.807) is 0 Å². The van der Waals surface area contributed by atoms with Gasteiger partial charge in [0.15, 0.2) is 0 Å². The molecule has 0 unspecified atom stereocenters. The maximum atomic E-state index is 13.5. The van der Waals surface area contributed by atoms with Crippen LogP contribution in [0, 0.1) is 5.82 Å². The van der Waals surface area contributed by atoms with Crippen molar-refractivity contribution in [2.45, 2.75) is 6.42 Å². The molecule has 0 saturated carbocycles. The Balaban J connectivity index is 1.38. The highest BCUT2D eigenvalue weighted by molar-refractivity contribution is 7.13. The highest BCUT2D eigenvalue weighted by atomic mass is 32.1. The topological polar surface area (TPSA) is 62.5 Å². The molecule has 0 aliphatic carbocycles. The number of benzene rings is 2. The van der Waals surface area contributed by atoms with Gasteiger partial charge in [0.25, 0.3) is 0 Å². The molecule has 2 aromatic carbocycles. The first-order valence-electron chi connectivity index (χ1n) is 9.02. The number of nitrogens with two attached hydrogens (primary N) is 1. The van der Waals surface area contributed by atoms with Crippen LogP contribution in [-0.2, 0) is 6.42 Å². The number of nitrogens with zero attached hydrogens (tertiary/aromatic N) is 3. The molecule has 2 N–H and O–H groups in total. The molecule has 1 amide bonds. The van der Waals surface area contributed by atoms with Gasteiger partial charge in [0.05, 0.1) is 4.70 Å². The van der Waals surface area contributed by atoms with Crippen molar-refractivity contribution in [3.63, 3.8) is 0 Å². The van der Waals surface area contributed by atoms with Crippen molar-refractivity contribution >= 4 is 33.3 Å². The number of primary amides is 1. The highest BCUT2D eigenvalue weighted by Gasteiger charge is 2.21. The molecule has 0 spiro atoms. The van der Waals surface area contributed by atoms with Crippen molar-refractivity contribution in [1.29, 1.82) is 0 Å². The van der Waals surface area contributed by atoms with E-state index in [2.05, 4.69) is 26.3 Å². The van der Waals surface area contributed by atoms with E-state index in [0.717, 1.165) is 38.5 Å². The molecular weight excluding hydrogens is 363 g/mol. The fourth-order valence-electron chi connectivity index (χ4n) is 3.57. The molecule has 5 nitrogen and oxygen atoms in total. The van der Waals surface area contributed by atoms with Gasteiger partial charge >= 0.3 is 0 Å². The molecule has 3 aromatic rings. The van der Waals surface area contributed by atoms with Gasteiger partial charge in [0, 0.05) is 43.7 Å². The van der Waals surface area contributed by atoms with Crippen LogP contribution < -0.4 is 10.6 Å². The van der Waals surface area contributed by atoms with Gasteiger partial charge in [-0.25, -0.2) is 4.39 Å². The minimum absolute atomic E-state index is 0.338.